The van der Waals surface area contributed by atoms with E-state index in [1.54, 1.807) is 6.07 Å². The quantitative estimate of drug-likeness (QED) is 0.338. The summed E-state index contributed by atoms with van der Waals surface area (Å²) in [6.45, 7) is 2.54. The molecule has 3 heterocycles. The molecule has 2 aromatic carbocycles. The van der Waals surface area contributed by atoms with Crippen LogP contribution in [0.2, 0.25) is 10.0 Å². The fraction of sp³-hybridized carbons (Fsp3) is 0.500. The van der Waals surface area contributed by atoms with Crippen molar-refractivity contribution in [2.75, 3.05) is 32.7 Å². The first kappa shape index (κ1) is 29.7. The number of nitrogens with zero attached hydrogens (tertiary/aromatic N) is 5. The van der Waals surface area contributed by atoms with E-state index in [9.17, 15) is 23.2 Å². The summed E-state index contributed by atoms with van der Waals surface area (Å²) < 4.78 is 39.9. The predicted molar refractivity (Wildman–Crippen MR) is 154 cm³/mol. The van der Waals surface area contributed by atoms with Crippen LogP contribution in [0.5, 0.6) is 0 Å². The Morgan fingerprint density at radius 1 is 1.00 bits per heavy atom. The van der Waals surface area contributed by atoms with Crippen molar-refractivity contribution in [3.05, 3.63) is 57.6 Å². The van der Waals surface area contributed by atoms with Gasteiger partial charge in [0, 0.05) is 43.7 Å². The van der Waals surface area contributed by atoms with Crippen molar-refractivity contribution in [1.29, 1.82) is 5.26 Å². The molecule has 218 valence electrons. The van der Waals surface area contributed by atoms with Gasteiger partial charge in [0.25, 0.3) is 5.91 Å². The summed E-state index contributed by atoms with van der Waals surface area (Å²) >= 11 is 13.9. The molecule has 11 heteroatoms. The van der Waals surface area contributed by atoms with Crippen LogP contribution in [0.4, 0.5) is 13.2 Å². The number of amides is 1. The normalized spacial score (nSPS) is 21.9. The summed E-state index contributed by atoms with van der Waals surface area (Å²) in [4.78, 5) is 19.6. The molecule has 6 nitrogen and oxygen atoms in total. The average molecular weight is 607 g/mol. The fourth-order valence-electron chi connectivity index (χ4n) is 6.25. The molecule has 41 heavy (non-hydrogen) atoms. The number of carbonyl (C=O) groups is 1. The predicted octanol–water partition coefficient (Wildman–Crippen LogP) is 7.22. The minimum Gasteiger partial charge on any atom is -0.339 e. The largest absolute Gasteiger partial charge is 0.391 e. The molecule has 3 aliphatic rings. The highest BCUT2D eigenvalue weighted by molar-refractivity contribution is 6.39. The van der Waals surface area contributed by atoms with Crippen molar-refractivity contribution in [3.8, 4) is 17.3 Å². The number of alkyl halides is 3. The molecule has 1 atom stereocenters. The third-order valence-electron chi connectivity index (χ3n) is 8.46. The molecule has 1 amide bonds. The van der Waals surface area contributed by atoms with E-state index in [4.69, 9.17) is 23.2 Å². The SMILES string of the molecule is N#CN=C1C(Cc2c(Cl)cc(-c3ccccc3)c(C(=O)N3CCC(C(F)(F)F)CC3)c2Cl)CCN1N1CCCCC1. The minimum absolute atomic E-state index is 0.00206. The first-order valence-corrected chi connectivity index (χ1v) is 14.9. The molecule has 0 aliphatic carbocycles. The van der Waals surface area contributed by atoms with Gasteiger partial charge in [0.05, 0.1) is 16.5 Å². The first-order valence-electron chi connectivity index (χ1n) is 14.1. The van der Waals surface area contributed by atoms with Gasteiger partial charge >= 0.3 is 6.18 Å². The van der Waals surface area contributed by atoms with E-state index >= 15 is 0 Å². The summed E-state index contributed by atoms with van der Waals surface area (Å²) in [5.41, 5.74) is 2.10. The van der Waals surface area contributed by atoms with E-state index in [2.05, 4.69) is 15.0 Å². The standard InChI is InChI=1S/C30H32Cl2F3N5O/c31-25-18-23(20-7-3-1-4-8-20)26(29(41)38-14-10-22(11-15-38)30(33,34)35)27(32)24(25)17-21-9-16-40(28(21)37-19-36)39-12-5-2-6-13-39/h1,3-4,7-8,18,21-22H,2,5-6,9-17H2. The van der Waals surface area contributed by atoms with Crippen LogP contribution in [0.25, 0.3) is 11.1 Å². The molecule has 3 aliphatic heterocycles. The number of hydrogen-bond acceptors (Lipinski definition) is 4. The Hall–Kier alpha value is -2.80. The highest BCUT2D eigenvalue weighted by Crippen LogP contribution is 2.41. The van der Waals surface area contributed by atoms with Gasteiger partial charge < -0.3 is 4.90 Å². The van der Waals surface area contributed by atoms with Crippen molar-refractivity contribution in [2.45, 2.75) is 51.1 Å². The number of hydrogen-bond donors (Lipinski definition) is 0. The molecule has 0 bridgehead atoms. The molecule has 3 fully saturated rings. The minimum atomic E-state index is -4.28. The summed E-state index contributed by atoms with van der Waals surface area (Å²) in [6, 6.07) is 11.0. The van der Waals surface area contributed by atoms with Gasteiger partial charge in [-0.15, -0.1) is 0 Å². The Kier molecular flexibility index (Phi) is 9.12. The highest BCUT2D eigenvalue weighted by atomic mass is 35.5. The lowest BCUT2D eigenvalue weighted by atomic mass is 9.90. The summed E-state index contributed by atoms with van der Waals surface area (Å²) in [5.74, 6) is -1.27. The Balaban J connectivity index is 1.48. The summed E-state index contributed by atoms with van der Waals surface area (Å²) in [7, 11) is 0. The topological polar surface area (TPSA) is 62.9 Å². The van der Waals surface area contributed by atoms with Crippen LogP contribution in [-0.4, -0.2) is 65.6 Å². The van der Waals surface area contributed by atoms with E-state index in [-0.39, 0.29) is 42.4 Å². The number of nitriles is 1. The average Bonchev–Trinajstić information content (AvgIpc) is 3.37. The first-order chi connectivity index (χ1) is 19.7. The Bertz CT molecular complexity index is 1330. The van der Waals surface area contributed by atoms with Crippen molar-refractivity contribution >= 4 is 34.9 Å². The Morgan fingerprint density at radius 2 is 1.68 bits per heavy atom. The van der Waals surface area contributed by atoms with Crippen molar-refractivity contribution in [3.63, 3.8) is 0 Å². The van der Waals surface area contributed by atoms with Crippen molar-refractivity contribution in [2.24, 2.45) is 16.8 Å². The van der Waals surface area contributed by atoms with Crippen LogP contribution >= 0.6 is 23.2 Å². The van der Waals surface area contributed by atoms with Gasteiger partial charge in [-0.3, -0.25) is 9.80 Å². The van der Waals surface area contributed by atoms with E-state index in [0.29, 0.717) is 28.4 Å². The van der Waals surface area contributed by atoms with Crippen LogP contribution in [0, 0.1) is 23.3 Å². The molecule has 0 radical (unpaired) electrons. The molecule has 0 saturated carbocycles. The second-order valence-corrected chi connectivity index (χ2v) is 11.7. The maximum absolute atomic E-state index is 13.9. The monoisotopic (exact) mass is 605 g/mol. The lowest BCUT2D eigenvalue weighted by molar-refractivity contribution is -0.183. The number of rotatable bonds is 5. The van der Waals surface area contributed by atoms with Crippen LogP contribution in [0.3, 0.4) is 0 Å². The maximum Gasteiger partial charge on any atom is 0.391 e. The number of carbonyl (C=O) groups excluding carboxylic acids is 1. The number of amidine groups is 1. The molecular weight excluding hydrogens is 574 g/mol. The van der Waals surface area contributed by atoms with Crippen LogP contribution in [-0.2, 0) is 6.42 Å². The molecular formula is C30H32Cl2F3N5O. The molecule has 0 aromatic heterocycles. The second kappa shape index (κ2) is 12.6. The zero-order valence-electron chi connectivity index (χ0n) is 22.6. The van der Waals surface area contributed by atoms with Gasteiger partial charge in [0.2, 0.25) is 6.19 Å². The van der Waals surface area contributed by atoms with Crippen LogP contribution < -0.4 is 0 Å². The van der Waals surface area contributed by atoms with E-state index in [1.807, 2.05) is 36.5 Å². The van der Waals surface area contributed by atoms with Gasteiger partial charge in [-0.1, -0.05) is 60.0 Å². The number of aliphatic imine (C=N–C) groups is 1. The zero-order chi connectivity index (χ0) is 29.1. The molecule has 3 saturated heterocycles. The molecule has 5 rings (SSSR count). The lowest BCUT2D eigenvalue weighted by Crippen LogP contribution is -2.47. The third kappa shape index (κ3) is 6.35. The number of likely N-dealkylation sites (tertiary alicyclic amines) is 1. The molecule has 1 unspecified atom stereocenters. The van der Waals surface area contributed by atoms with E-state index in [1.165, 1.54) is 11.3 Å². The zero-order valence-corrected chi connectivity index (χ0v) is 24.2. The maximum atomic E-state index is 13.9. The number of piperidine rings is 2. The van der Waals surface area contributed by atoms with Crippen LogP contribution in [0.15, 0.2) is 41.4 Å². The van der Waals surface area contributed by atoms with Crippen molar-refractivity contribution in [1.82, 2.24) is 14.9 Å². The van der Waals surface area contributed by atoms with Gasteiger partial charge in [-0.05, 0) is 61.3 Å². The Labute approximate surface area is 248 Å². The van der Waals surface area contributed by atoms with Crippen LogP contribution in [0.1, 0.15) is 54.4 Å². The summed E-state index contributed by atoms with van der Waals surface area (Å²) in [5, 5.41) is 14.4. The number of benzene rings is 2. The molecule has 0 N–H and O–H groups in total. The van der Waals surface area contributed by atoms with Gasteiger partial charge in [0.15, 0.2) is 0 Å². The smallest absolute Gasteiger partial charge is 0.339 e. The van der Waals surface area contributed by atoms with E-state index < -0.39 is 18.0 Å². The Morgan fingerprint density at radius 3 is 2.32 bits per heavy atom. The lowest BCUT2D eigenvalue weighted by Gasteiger charge is -2.36. The summed E-state index contributed by atoms with van der Waals surface area (Å²) in [6.07, 6.45) is 1.88. The third-order valence-corrected chi connectivity index (χ3v) is 9.22. The molecule has 0 spiro atoms. The second-order valence-electron chi connectivity index (χ2n) is 10.9. The molecule has 2 aromatic rings. The highest BCUT2D eigenvalue weighted by Gasteiger charge is 2.42. The fourth-order valence-corrected chi connectivity index (χ4v) is 6.94. The van der Waals surface area contributed by atoms with Crippen molar-refractivity contribution < 1.29 is 18.0 Å². The number of halogens is 5. The van der Waals surface area contributed by atoms with Gasteiger partial charge in [-0.2, -0.15) is 23.4 Å². The van der Waals surface area contributed by atoms with E-state index in [0.717, 1.165) is 44.5 Å². The number of hydrazine groups is 1. The van der Waals surface area contributed by atoms with Gasteiger partial charge in [-0.25, -0.2) is 5.01 Å². The van der Waals surface area contributed by atoms with Gasteiger partial charge in [0.1, 0.15) is 5.84 Å².